The van der Waals surface area contributed by atoms with Crippen LogP contribution >= 0.6 is 0 Å². The van der Waals surface area contributed by atoms with Crippen LogP contribution in [0, 0.1) is 5.82 Å². The number of piperazine rings is 1. The van der Waals surface area contributed by atoms with Gasteiger partial charge in [-0.2, -0.15) is 0 Å². The number of benzene rings is 2. The maximum absolute atomic E-state index is 13.1. The van der Waals surface area contributed by atoms with Crippen molar-refractivity contribution in [2.75, 3.05) is 53.0 Å². The molecule has 2 aliphatic rings. The number of nitrogens with one attached hydrogen (secondary N) is 2. The number of hydrogen-bond donors (Lipinski definition) is 2. The Morgan fingerprint density at radius 3 is 2.44 bits per heavy atom. The van der Waals surface area contributed by atoms with Crippen molar-refractivity contribution in [3.8, 4) is 0 Å². The highest BCUT2D eigenvalue weighted by Gasteiger charge is 2.28. The molecular weight excluding hydrogens is 435 g/mol. The number of nitrogens with zero attached hydrogens (tertiary/aromatic N) is 2. The molecule has 0 aromatic heterocycles. The molecule has 1 saturated heterocycles. The van der Waals surface area contributed by atoms with Gasteiger partial charge in [-0.3, -0.25) is 9.59 Å². The molecule has 1 fully saturated rings. The number of rotatable bonds is 10. The van der Waals surface area contributed by atoms with E-state index < -0.39 is 6.04 Å². The molecule has 1 aliphatic carbocycles. The molecule has 1 atom stereocenters. The Morgan fingerprint density at radius 2 is 1.74 bits per heavy atom. The Kier molecular flexibility index (Phi) is 7.92. The van der Waals surface area contributed by atoms with Crippen LogP contribution < -0.4 is 10.6 Å². The van der Waals surface area contributed by atoms with Crippen molar-refractivity contribution >= 4 is 17.4 Å². The smallest absolute Gasteiger partial charge is 0.251 e. The quantitative estimate of drug-likeness (QED) is 0.525. The zero-order chi connectivity index (χ0) is 23.9. The van der Waals surface area contributed by atoms with Crippen LogP contribution in [0.5, 0.6) is 0 Å². The number of hydrogen-bond acceptors (Lipinski definition) is 5. The lowest BCUT2D eigenvalue weighted by molar-refractivity contribution is -0.136. The lowest BCUT2D eigenvalue weighted by Crippen LogP contribution is -2.55. The van der Waals surface area contributed by atoms with Crippen LogP contribution in [0.1, 0.15) is 22.3 Å². The first-order valence-corrected chi connectivity index (χ1v) is 11.6. The molecule has 0 unspecified atom stereocenters. The summed E-state index contributed by atoms with van der Waals surface area (Å²) < 4.78 is 18.9. The zero-order valence-electron chi connectivity index (χ0n) is 19.4. The van der Waals surface area contributed by atoms with Gasteiger partial charge in [0.2, 0.25) is 5.91 Å². The van der Waals surface area contributed by atoms with Crippen LogP contribution in [0.2, 0.25) is 0 Å². The molecular formula is C26H31FN4O3. The van der Waals surface area contributed by atoms with E-state index in [1.807, 2.05) is 13.1 Å². The van der Waals surface area contributed by atoms with E-state index in [2.05, 4.69) is 15.5 Å². The van der Waals surface area contributed by atoms with Crippen molar-refractivity contribution in [3.05, 3.63) is 77.2 Å². The average Bonchev–Trinajstić information content (AvgIpc) is 3.63. The Balaban J connectivity index is 1.28. The van der Waals surface area contributed by atoms with Crippen molar-refractivity contribution in [2.45, 2.75) is 12.5 Å². The molecule has 0 spiro atoms. The highest BCUT2D eigenvalue weighted by molar-refractivity contribution is 5.97. The topological polar surface area (TPSA) is 73.9 Å². The third kappa shape index (κ3) is 6.42. The zero-order valence-corrected chi connectivity index (χ0v) is 19.4. The number of carbonyl (C=O) groups excluding carboxylic acids is 2. The first-order chi connectivity index (χ1) is 16.5. The third-order valence-electron chi connectivity index (χ3n) is 6.11. The fourth-order valence-electron chi connectivity index (χ4n) is 3.96. The van der Waals surface area contributed by atoms with E-state index >= 15 is 0 Å². The molecule has 1 heterocycles. The SMILES string of the molecule is CN1CCN(C(=O)[C@H](COCCNC2=C(c3ccc(F)cc3)C2)NC(=O)c2ccccc2)CC1. The number of amides is 2. The molecule has 0 saturated carbocycles. The molecule has 2 aromatic rings. The van der Waals surface area contributed by atoms with E-state index in [1.165, 1.54) is 17.7 Å². The molecule has 180 valence electrons. The van der Waals surface area contributed by atoms with E-state index in [0.717, 1.165) is 30.8 Å². The molecule has 1 aliphatic heterocycles. The van der Waals surface area contributed by atoms with Crippen molar-refractivity contribution in [1.82, 2.24) is 20.4 Å². The van der Waals surface area contributed by atoms with Gasteiger partial charge in [-0.1, -0.05) is 30.3 Å². The fraction of sp³-hybridized carbons (Fsp3) is 0.385. The number of halogens is 1. The van der Waals surface area contributed by atoms with Crippen molar-refractivity contribution in [1.29, 1.82) is 0 Å². The second-order valence-electron chi connectivity index (χ2n) is 8.66. The van der Waals surface area contributed by atoms with Crippen LogP contribution in [0.4, 0.5) is 4.39 Å². The second kappa shape index (κ2) is 11.3. The van der Waals surface area contributed by atoms with Crippen LogP contribution in [-0.2, 0) is 9.53 Å². The van der Waals surface area contributed by atoms with Gasteiger partial charge in [-0.15, -0.1) is 0 Å². The van der Waals surface area contributed by atoms with E-state index in [4.69, 9.17) is 4.74 Å². The molecule has 2 amide bonds. The second-order valence-corrected chi connectivity index (χ2v) is 8.66. The summed E-state index contributed by atoms with van der Waals surface area (Å²) in [7, 11) is 2.03. The average molecular weight is 467 g/mol. The maximum Gasteiger partial charge on any atom is 0.251 e. The summed E-state index contributed by atoms with van der Waals surface area (Å²) in [6.45, 7) is 3.97. The first kappa shape index (κ1) is 23.9. The van der Waals surface area contributed by atoms with Crippen LogP contribution in [0.25, 0.3) is 5.57 Å². The lowest BCUT2D eigenvalue weighted by Gasteiger charge is -2.34. The largest absolute Gasteiger partial charge is 0.386 e. The van der Waals surface area contributed by atoms with Crippen LogP contribution in [-0.4, -0.2) is 80.6 Å². The molecule has 7 nitrogen and oxygen atoms in total. The van der Waals surface area contributed by atoms with Gasteiger partial charge in [-0.05, 0) is 42.4 Å². The summed E-state index contributed by atoms with van der Waals surface area (Å²) in [5.41, 5.74) is 3.83. The summed E-state index contributed by atoms with van der Waals surface area (Å²) >= 11 is 0. The first-order valence-electron chi connectivity index (χ1n) is 11.6. The summed E-state index contributed by atoms with van der Waals surface area (Å²) in [6, 6.07) is 14.6. The van der Waals surface area contributed by atoms with Gasteiger partial charge in [0.1, 0.15) is 11.9 Å². The fourth-order valence-corrected chi connectivity index (χ4v) is 3.96. The van der Waals surface area contributed by atoms with Crippen molar-refractivity contribution in [2.24, 2.45) is 0 Å². The standard InChI is InChI=1S/C26H31FN4O3/c1-30-12-14-31(15-13-30)26(33)24(29-25(32)20-5-3-2-4-6-20)18-34-16-11-28-23-17-22(23)19-7-9-21(27)10-8-19/h2-10,24,28H,11-18H2,1H3,(H,29,32)/t24-/m0/s1. The number of carbonyl (C=O) groups is 2. The van der Waals surface area contributed by atoms with E-state index in [1.54, 1.807) is 41.3 Å². The summed E-state index contributed by atoms with van der Waals surface area (Å²) in [5.74, 6) is -0.649. The predicted molar refractivity (Wildman–Crippen MR) is 129 cm³/mol. The van der Waals surface area contributed by atoms with Crippen molar-refractivity contribution in [3.63, 3.8) is 0 Å². The van der Waals surface area contributed by atoms with Gasteiger partial charge in [0.25, 0.3) is 5.91 Å². The Hall–Kier alpha value is -3.23. The number of allylic oxidation sites excluding steroid dienone is 2. The van der Waals surface area contributed by atoms with Gasteiger partial charge >= 0.3 is 0 Å². The van der Waals surface area contributed by atoms with E-state index in [-0.39, 0.29) is 24.2 Å². The molecule has 2 N–H and O–H groups in total. The Bertz CT molecular complexity index is 1020. The van der Waals surface area contributed by atoms with E-state index in [9.17, 15) is 14.0 Å². The molecule has 8 heteroatoms. The molecule has 34 heavy (non-hydrogen) atoms. The number of ether oxygens (including phenoxy) is 1. The van der Waals surface area contributed by atoms with Crippen LogP contribution in [0.15, 0.2) is 60.3 Å². The minimum absolute atomic E-state index is 0.106. The lowest BCUT2D eigenvalue weighted by atomic mass is 10.1. The van der Waals surface area contributed by atoms with Crippen LogP contribution in [0.3, 0.4) is 0 Å². The summed E-state index contributed by atoms with van der Waals surface area (Å²) in [5, 5.41) is 6.19. The molecule has 2 aromatic carbocycles. The highest BCUT2D eigenvalue weighted by Crippen LogP contribution is 2.37. The minimum atomic E-state index is -0.744. The maximum atomic E-state index is 13.1. The minimum Gasteiger partial charge on any atom is -0.386 e. The molecule has 0 bridgehead atoms. The van der Waals surface area contributed by atoms with E-state index in [0.29, 0.717) is 31.8 Å². The number of likely N-dealkylation sites (N-methyl/N-ethyl adjacent to an activating group) is 1. The summed E-state index contributed by atoms with van der Waals surface area (Å²) in [4.78, 5) is 29.8. The van der Waals surface area contributed by atoms with Crippen molar-refractivity contribution < 1.29 is 18.7 Å². The van der Waals surface area contributed by atoms with Gasteiger partial charge in [0.15, 0.2) is 0 Å². The van der Waals surface area contributed by atoms with Gasteiger partial charge in [0.05, 0.1) is 13.2 Å². The Labute approximate surface area is 199 Å². The predicted octanol–water partition coefficient (Wildman–Crippen LogP) is 2.12. The molecule has 0 radical (unpaired) electrons. The monoisotopic (exact) mass is 466 g/mol. The van der Waals surface area contributed by atoms with Gasteiger partial charge in [-0.25, -0.2) is 4.39 Å². The third-order valence-corrected chi connectivity index (χ3v) is 6.11. The van der Waals surface area contributed by atoms with Gasteiger partial charge in [0, 0.05) is 50.4 Å². The summed E-state index contributed by atoms with van der Waals surface area (Å²) in [6.07, 6.45) is 0.850. The molecule has 4 rings (SSSR count). The van der Waals surface area contributed by atoms with Gasteiger partial charge < -0.3 is 25.2 Å². The highest BCUT2D eigenvalue weighted by atomic mass is 19.1. The normalized spacial score (nSPS) is 16.8. The Morgan fingerprint density at radius 1 is 1.03 bits per heavy atom.